The van der Waals surface area contributed by atoms with Gasteiger partial charge in [-0.1, -0.05) is 42.3 Å². The number of halogens is 6. The van der Waals surface area contributed by atoms with Crippen molar-refractivity contribution in [2.75, 3.05) is 11.4 Å². The Labute approximate surface area is 226 Å². The molecule has 0 spiro atoms. The minimum Gasteiger partial charge on any atom is -0.505 e. The molecule has 38 heavy (non-hydrogen) atoms. The molecule has 3 rings (SSSR count). The van der Waals surface area contributed by atoms with E-state index >= 15 is 0 Å². The number of phenolic OH excluding ortho intramolecular Hbond substituents is 1. The molecule has 0 radical (unpaired) electrons. The van der Waals surface area contributed by atoms with Gasteiger partial charge < -0.3 is 20.6 Å². The van der Waals surface area contributed by atoms with E-state index in [1.54, 1.807) is 6.92 Å². The Bertz CT molecular complexity index is 1170. The molecule has 1 aliphatic rings. The van der Waals surface area contributed by atoms with Crippen LogP contribution in [0.1, 0.15) is 44.2 Å². The van der Waals surface area contributed by atoms with Crippen LogP contribution in [0.2, 0.25) is 10.0 Å². The van der Waals surface area contributed by atoms with Crippen molar-refractivity contribution in [2.45, 2.75) is 56.9 Å². The summed E-state index contributed by atoms with van der Waals surface area (Å²) in [4.78, 5) is 38.0. The zero-order valence-electron chi connectivity index (χ0n) is 20.1. The molecule has 1 fully saturated rings. The van der Waals surface area contributed by atoms with Crippen LogP contribution in [0.4, 0.5) is 23.2 Å². The molecule has 0 aromatic heterocycles. The van der Waals surface area contributed by atoms with Gasteiger partial charge in [0.05, 0.1) is 16.1 Å². The van der Waals surface area contributed by atoms with Crippen molar-refractivity contribution >= 4 is 46.5 Å². The van der Waals surface area contributed by atoms with Crippen LogP contribution in [-0.2, 0) is 14.4 Å². The van der Waals surface area contributed by atoms with E-state index in [9.17, 15) is 37.1 Å². The third kappa shape index (κ3) is 7.50. The Balaban J connectivity index is 1.87. The number of hydrogen-bond donors (Lipinski definition) is 3. The van der Waals surface area contributed by atoms with Crippen LogP contribution in [0.15, 0.2) is 36.4 Å². The summed E-state index contributed by atoms with van der Waals surface area (Å²) in [6.07, 6.45) is -3.79. The fraction of sp³-hybridized carbons (Fsp3) is 0.400. The number of nitrogens with one attached hydrogen (secondary N) is 2. The lowest BCUT2D eigenvalue weighted by molar-refractivity contribution is -0.151. The second kappa shape index (κ2) is 12.2. The fourth-order valence-corrected chi connectivity index (χ4v) is 4.28. The molecular weight excluding hydrogens is 553 g/mol. The minimum absolute atomic E-state index is 0.0667. The fourth-order valence-electron chi connectivity index (χ4n) is 3.80. The Kier molecular flexibility index (Phi) is 9.48. The molecular formula is C25H25Cl2F4N3O4. The standard InChI is InChI=1S/C25H25Cl2F4N3O4/c1-2-19(22(37)24(38)32-15-7-8-15)33-20(35)9-10-34(16-11-17(26)21(36)18(27)12-16)23(25(29,30)31)13-3-5-14(28)6-4-13/h3-6,11-12,15,19,23,36H,2,7-10H2,1H3,(H,32,38)(H,33,35)/t19-,23-/m0/s1. The van der Waals surface area contributed by atoms with Crippen molar-refractivity contribution in [3.05, 3.63) is 57.8 Å². The minimum atomic E-state index is -4.89. The van der Waals surface area contributed by atoms with Crippen molar-refractivity contribution in [1.82, 2.24) is 10.6 Å². The summed E-state index contributed by atoms with van der Waals surface area (Å²) in [5.41, 5.74) is -0.484. The van der Waals surface area contributed by atoms with Crippen molar-refractivity contribution in [2.24, 2.45) is 0 Å². The number of nitrogens with zero attached hydrogens (tertiary/aromatic N) is 1. The number of alkyl halides is 3. The maximum absolute atomic E-state index is 14.4. The van der Waals surface area contributed by atoms with E-state index in [0.29, 0.717) is 0 Å². The van der Waals surface area contributed by atoms with E-state index in [1.807, 2.05) is 0 Å². The maximum atomic E-state index is 14.4. The molecule has 2 aromatic carbocycles. The Morgan fingerprint density at radius 1 is 1.11 bits per heavy atom. The summed E-state index contributed by atoms with van der Waals surface area (Å²) in [5, 5.41) is 14.2. The number of carbonyl (C=O) groups is 3. The van der Waals surface area contributed by atoms with Gasteiger partial charge in [-0.25, -0.2) is 4.39 Å². The number of Topliss-reactive ketones (excluding diaryl/α,β-unsaturated/α-hetero) is 1. The predicted molar refractivity (Wildman–Crippen MR) is 134 cm³/mol. The second-order valence-corrected chi connectivity index (χ2v) is 9.65. The highest BCUT2D eigenvalue weighted by molar-refractivity contribution is 6.38. The molecule has 13 heteroatoms. The van der Waals surface area contributed by atoms with E-state index < -0.39 is 60.4 Å². The zero-order chi connectivity index (χ0) is 28.2. The van der Waals surface area contributed by atoms with Gasteiger partial charge in [-0.3, -0.25) is 14.4 Å². The molecule has 0 bridgehead atoms. The molecule has 0 unspecified atom stereocenters. The van der Waals surface area contributed by atoms with Gasteiger partial charge in [-0.2, -0.15) is 13.2 Å². The highest BCUT2D eigenvalue weighted by Gasteiger charge is 2.45. The summed E-state index contributed by atoms with van der Waals surface area (Å²) in [6, 6.07) is 2.24. The first-order chi connectivity index (χ1) is 17.8. The molecule has 0 aliphatic heterocycles. The predicted octanol–water partition coefficient (Wildman–Crippen LogP) is 5.08. The van der Waals surface area contributed by atoms with Crippen LogP contribution in [0.25, 0.3) is 0 Å². The number of anilines is 1. The number of carbonyl (C=O) groups excluding carboxylic acids is 3. The molecule has 0 heterocycles. The first kappa shape index (κ1) is 29.5. The first-order valence-electron chi connectivity index (χ1n) is 11.7. The normalized spacial score (nSPS) is 14.9. The van der Waals surface area contributed by atoms with E-state index in [2.05, 4.69) is 10.6 Å². The lowest BCUT2D eigenvalue weighted by Gasteiger charge is -2.35. The molecule has 3 N–H and O–H groups in total. The number of phenols is 1. The monoisotopic (exact) mass is 577 g/mol. The average Bonchev–Trinajstić information content (AvgIpc) is 3.66. The van der Waals surface area contributed by atoms with Gasteiger partial charge >= 0.3 is 6.18 Å². The molecule has 206 valence electrons. The molecule has 2 atom stereocenters. The number of rotatable bonds is 11. The summed E-state index contributed by atoms with van der Waals surface area (Å²) in [5.74, 6) is -3.72. The van der Waals surface area contributed by atoms with Gasteiger partial charge in [0.25, 0.3) is 5.91 Å². The van der Waals surface area contributed by atoms with E-state index in [1.165, 1.54) is 0 Å². The molecule has 7 nitrogen and oxygen atoms in total. The third-order valence-corrected chi connectivity index (χ3v) is 6.49. The highest BCUT2D eigenvalue weighted by atomic mass is 35.5. The highest BCUT2D eigenvalue weighted by Crippen LogP contribution is 2.43. The van der Waals surface area contributed by atoms with Crippen molar-refractivity contribution in [1.29, 1.82) is 0 Å². The smallest absolute Gasteiger partial charge is 0.412 e. The number of amides is 2. The van der Waals surface area contributed by atoms with Crippen molar-refractivity contribution in [3.63, 3.8) is 0 Å². The first-order valence-corrected chi connectivity index (χ1v) is 12.5. The Hall–Kier alpha value is -3.05. The van der Waals surface area contributed by atoms with Gasteiger partial charge in [-0.15, -0.1) is 0 Å². The van der Waals surface area contributed by atoms with Crippen LogP contribution < -0.4 is 15.5 Å². The van der Waals surface area contributed by atoms with E-state index in [-0.39, 0.29) is 33.8 Å². The number of ketones is 1. The number of aromatic hydroxyl groups is 1. The van der Waals surface area contributed by atoms with Gasteiger partial charge in [-0.05, 0) is 49.1 Å². The van der Waals surface area contributed by atoms with Gasteiger partial charge in [0.15, 0.2) is 11.8 Å². The molecule has 2 amide bonds. The zero-order valence-corrected chi connectivity index (χ0v) is 21.6. The summed E-state index contributed by atoms with van der Waals surface area (Å²) >= 11 is 11.9. The number of hydrogen-bond acceptors (Lipinski definition) is 5. The topological polar surface area (TPSA) is 98.7 Å². The van der Waals surface area contributed by atoms with Crippen LogP contribution in [0.3, 0.4) is 0 Å². The van der Waals surface area contributed by atoms with Gasteiger partial charge in [0.2, 0.25) is 11.7 Å². The van der Waals surface area contributed by atoms with Crippen LogP contribution in [0, 0.1) is 5.82 Å². The molecule has 1 saturated carbocycles. The van der Waals surface area contributed by atoms with E-state index in [0.717, 1.165) is 54.1 Å². The maximum Gasteiger partial charge on any atom is 0.412 e. The summed E-state index contributed by atoms with van der Waals surface area (Å²) < 4.78 is 56.6. The second-order valence-electron chi connectivity index (χ2n) is 8.84. The van der Waals surface area contributed by atoms with Gasteiger partial charge in [0, 0.05) is 24.7 Å². The van der Waals surface area contributed by atoms with E-state index in [4.69, 9.17) is 23.2 Å². The average molecular weight is 578 g/mol. The lowest BCUT2D eigenvalue weighted by atomic mass is 10.0. The molecule has 0 saturated heterocycles. The van der Waals surface area contributed by atoms with Crippen molar-refractivity contribution < 1.29 is 37.1 Å². The van der Waals surface area contributed by atoms with Crippen molar-refractivity contribution in [3.8, 4) is 5.75 Å². The Morgan fingerprint density at radius 2 is 1.68 bits per heavy atom. The SMILES string of the molecule is CC[C@H](NC(=O)CCN(c1cc(Cl)c(O)c(Cl)c1)[C@@H](c1ccc(F)cc1)C(F)(F)F)C(=O)C(=O)NC1CC1. The van der Waals surface area contributed by atoms with Gasteiger partial charge in [0.1, 0.15) is 5.82 Å². The van der Waals surface area contributed by atoms with Crippen LogP contribution in [-0.4, -0.2) is 47.5 Å². The number of benzene rings is 2. The molecule has 1 aliphatic carbocycles. The molecule has 2 aromatic rings. The third-order valence-electron chi connectivity index (χ3n) is 5.92. The largest absolute Gasteiger partial charge is 0.505 e. The van der Waals surface area contributed by atoms with Crippen LogP contribution in [0.5, 0.6) is 5.75 Å². The quantitative estimate of drug-likeness (QED) is 0.255. The summed E-state index contributed by atoms with van der Waals surface area (Å²) in [7, 11) is 0. The van der Waals surface area contributed by atoms with Crippen LogP contribution >= 0.6 is 23.2 Å². The Morgan fingerprint density at radius 3 is 2.18 bits per heavy atom. The summed E-state index contributed by atoms with van der Waals surface area (Å²) in [6.45, 7) is 1.04. The lowest BCUT2D eigenvalue weighted by Crippen LogP contribution is -2.48.